The molecule has 7 heteroatoms. The zero-order valence-corrected chi connectivity index (χ0v) is 15.6. The molecule has 0 heterocycles. The molecule has 3 aromatic carbocycles. The fraction of sp³-hybridized carbons (Fsp3) is 0. The maximum Gasteiger partial charge on any atom is 0.171 e. The fourth-order valence-electron chi connectivity index (χ4n) is 2.05. The van der Waals surface area contributed by atoms with E-state index in [4.69, 9.17) is 61.6 Å². The van der Waals surface area contributed by atoms with E-state index in [9.17, 15) is 0 Å². The Labute approximate surface area is 164 Å². The van der Waals surface area contributed by atoms with Crippen molar-refractivity contribution in [1.29, 1.82) is 0 Å². The van der Waals surface area contributed by atoms with Crippen LogP contribution in [0.4, 0.5) is 5.69 Å². The molecule has 3 rings (SSSR count). The highest BCUT2D eigenvalue weighted by Gasteiger charge is 2.13. The van der Waals surface area contributed by atoms with Gasteiger partial charge in [-0.15, -0.1) is 0 Å². The Morgan fingerprint density at radius 3 is 1.72 bits per heavy atom. The van der Waals surface area contributed by atoms with E-state index in [2.05, 4.69) is 0 Å². The van der Waals surface area contributed by atoms with E-state index in [0.717, 1.165) is 0 Å². The largest absolute Gasteiger partial charge is 0.452 e. The predicted molar refractivity (Wildman–Crippen MR) is 104 cm³/mol. The van der Waals surface area contributed by atoms with E-state index in [1.807, 2.05) is 0 Å². The summed E-state index contributed by atoms with van der Waals surface area (Å²) >= 11 is 24.0. The highest BCUT2D eigenvalue weighted by molar-refractivity contribution is 6.35. The highest BCUT2D eigenvalue weighted by atomic mass is 35.5. The molecule has 0 amide bonds. The van der Waals surface area contributed by atoms with Crippen molar-refractivity contribution in [2.75, 3.05) is 5.73 Å². The van der Waals surface area contributed by atoms with Crippen molar-refractivity contribution in [1.82, 2.24) is 0 Å². The summed E-state index contributed by atoms with van der Waals surface area (Å²) in [6.07, 6.45) is 0. The summed E-state index contributed by atoms with van der Waals surface area (Å²) < 4.78 is 11.7. The van der Waals surface area contributed by atoms with Crippen LogP contribution in [0.5, 0.6) is 23.0 Å². The molecule has 128 valence electrons. The maximum absolute atomic E-state index is 6.15. The van der Waals surface area contributed by atoms with Crippen LogP contribution in [0, 0.1) is 0 Å². The molecular weight excluding hydrogens is 404 g/mol. The van der Waals surface area contributed by atoms with E-state index < -0.39 is 0 Å². The molecule has 0 spiro atoms. The van der Waals surface area contributed by atoms with Crippen LogP contribution in [-0.2, 0) is 0 Å². The molecule has 0 radical (unpaired) electrons. The van der Waals surface area contributed by atoms with Gasteiger partial charge in [-0.25, -0.2) is 0 Å². The van der Waals surface area contributed by atoms with Crippen LogP contribution in [0.2, 0.25) is 20.1 Å². The number of hydrogen-bond donors (Lipinski definition) is 1. The first-order chi connectivity index (χ1) is 11.9. The van der Waals surface area contributed by atoms with E-state index in [1.165, 1.54) is 0 Å². The first kappa shape index (κ1) is 18.0. The lowest BCUT2D eigenvalue weighted by molar-refractivity contribution is 0.420. The standard InChI is InChI=1S/C18H11Cl4NO2/c19-10-1-4-15(13(22)7-10)24-17-6-3-12(21)9-18(17)25-16-5-2-11(20)8-14(16)23/h1-9H,23H2. The zero-order valence-electron chi connectivity index (χ0n) is 12.6. The van der Waals surface area contributed by atoms with E-state index >= 15 is 0 Å². The van der Waals surface area contributed by atoms with Crippen molar-refractivity contribution < 1.29 is 9.47 Å². The van der Waals surface area contributed by atoms with Gasteiger partial charge in [0.05, 0.1) is 10.7 Å². The molecule has 0 bridgehead atoms. The molecule has 0 saturated carbocycles. The topological polar surface area (TPSA) is 44.5 Å². The summed E-state index contributed by atoms with van der Waals surface area (Å²) in [6.45, 7) is 0. The first-order valence-electron chi connectivity index (χ1n) is 7.08. The smallest absolute Gasteiger partial charge is 0.171 e. The molecule has 0 aromatic heterocycles. The van der Waals surface area contributed by atoms with Crippen LogP contribution in [0.15, 0.2) is 54.6 Å². The third-order valence-electron chi connectivity index (χ3n) is 3.21. The molecular formula is C18H11Cl4NO2. The number of nitrogen functional groups attached to an aromatic ring is 1. The lowest BCUT2D eigenvalue weighted by Gasteiger charge is -2.14. The van der Waals surface area contributed by atoms with Gasteiger partial charge in [0.25, 0.3) is 0 Å². The zero-order chi connectivity index (χ0) is 18.0. The minimum atomic E-state index is 0.374. The number of hydrogen-bond acceptors (Lipinski definition) is 3. The van der Waals surface area contributed by atoms with Gasteiger partial charge in [-0.05, 0) is 48.5 Å². The third-order valence-corrected chi connectivity index (χ3v) is 4.21. The molecule has 0 atom stereocenters. The Morgan fingerprint density at radius 1 is 0.560 bits per heavy atom. The Morgan fingerprint density at radius 2 is 1.08 bits per heavy atom. The number of ether oxygens (including phenoxy) is 2. The van der Waals surface area contributed by atoms with E-state index in [1.54, 1.807) is 54.6 Å². The van der Waals surface area contributed by atoms with E-state index in [0.29, 0.717) is 48.8 Å². The molecule has 0 saturated heterocycles. The quantitative estimate of drug-likeness (QED) is 0.450. The van der Waals surface area contributed by atoms with Gasteiger partial charge in [-0.3, -0.25) is 0 Å². The number of halogens is 4. The maximum atomic E-state index is 6.15. The lowest BCUT2D eigenvalue weighted by atomic mass is 10.2. The summed E-state index contributed by atoms with van der Waals surface area (Å²) in [5.41, 5.74) is 6.32. The van der Waals surface area contributed by atoms with Gasteiger partial charge in [0.15, 0.2) is 17.2 Å². The molecule has 0 fully saturated rings. The van der Waals surface area contributed by atoms with Crippen molar-refractivity contribution in [2.24, 2.45) is 0 Å². The fourth-order valence-corrected chi connectivity index (χ4v) is 2.84. The summed E-state index contributed by atoms with van der Waals surface area (Å²) in [7, 11) is 0. The van der Waals surface area contributed by atoms with Crippen LogP contribution in [0.3, 0.4) is 0 Å². The van der Waals surface area contributed by atoms with Gasteiger partial charge in [0.1, 0.15) is 5.75 Å². The highest BCUT2D eigenvalue weighted by Crippen LogP contribution is 2.40. The second-order valence-corrected chi connectivity index (χ2v) is 6.77. The number of benzene rings is 3. The molecule has 0 aliphatic heterocycles. The average Bonchev–Trinajstić information content (AvgIpc) is 2.55. The Kier molecular flexibility index (Phi) is 5.50. The van der Waals surface area contributed by atoms with Gasteiger partial charge in [-0.2, -0.15) is 0 Å². The van der Waals surface area contributed by atoms with Crippen molar-refractivity contribution in [2.45, 2.75) is 0 Å². The van der Waals surface area contributed by atoms with Crippen molar-refractivity contribution in [3.8, 4) is 23.0 Å². The Hall–Kier alpha value is -1.78. The van der Waals surface area contributed by atoms with Gasteiger partial charge < -0.3 is 15.2 Å². The molecule has 3 nitrogen and oxygen atoms in total. The minimum absolute atomic E-state index is 0.374. The monoisotopic (exact) mass is 413 g/mol. The summed E-state index contributed by atoms with van der Waals surface area (Å²) in [6, 6.07) is 14.8. The number of rotatable bonds is 4. The average molecular weight is 415 g/mol. The summed E-state index contributed by atoms with van der Waals surface area (Å²) in [5, 5.41) is 1.88. The van der Waals surface area contributed by atoms with Gasteiger partial charge >= 0.3 is 0 Å². The molecule has 2 N–H and O–H groups in total. The predicted octanol–water partition coefficient (Wildman–Crippen LogP) is 7.47. The van der Waals surface area contributed by atoms with Crippen LogP contribution in [-0.4, -0.2) is 0 Å². The van der Waals surface area contributed by atoms with E-state index in [-0.39, 0.29) is 0 Å². The third kappa shape index (κ3) is 4.44. The second kappa shape index (κ2) is 7.63. The number of nitrogens with two attached hydrogens (primary N) is 1. The van der Waals surface area contributed by atoms with Crippen molar-refractivity contribution in [3.05, 3.63) is 74.7 Å². The minimum Gasteiger partial charge on any atom is -0.452 e. The molecule has 0 aliphatic carbocycles. The van der Waals surface area contributed by atoms with Gasteiger partial charge in [0, 0.05) is 21.1 Å². The first-order valence-corrected chi connectivity index (χ1v) is 8.59. The molecule has 25 heavy (non-hydrogen) atoms. The summed E-state index contributed by atoms with van der Waals surface area (Å²) in [5.74, 6) is 1.66. The second-order valence-electron chi connectivity index (χ2n) is 5.05. The Balaban J connectivity index is 1.95. The lowest BCUT2D eigenvalue weighted by Crippen LogP contribution is -1.94. The summed E-state index contributed by atoms with van der Waals surface area (Å²) in [4.78, 5) is 0. The van der Waals surface area contributed by atoms with Crippen LogP contribution < -0.4 is 15.2 Å². The van der Waals surface area contributed by atoms with Crippen LogP contribution >= 0.6 is 46.4 Å². The van der Waals surface area contributed by atoms with Gasteiger partial charge in [0.2, 0.25) is 0 Å². The molecule has 3 aromatic rings. The Bertz CT molecular complexity index is 931. The molecule has 0 aliphatic rings. The van der Waals surface area contributed by atoms with Crippen LogP contribution in [0.25, 0.3) is 0 Å². The SMILES string of the molecule is Nc1cc(Cl)ccc1Oc1cc(Cl)ccc1Oc1ccc(Cl)cc1Cl. The number of anilines is 1. The van der Waals surface area contributed by atoms with Crippen molar-refractivity contribution >= 4 is 52.1 Å². The van der Waals surface area contributed by atoms with Crippen LogP contribution in [0.1, 0.15) is 0 Å². The van der Waals surface area contributed by atoms with Crippen molar-refractivity contribution in [3.63, 3.8) is 0 Å². The molecule has 0 unspecified atom stereocenters. The van der Waals surface area contributed by atoms with Gasteiger partial charge in [-0.1, -0.05) is 46.4 Å². The normalized spacial score (nSPS) is 10.6.